The fraction of sp³-hybridized carbons (Fsp3) is 0.545. The number of nitrogens with one attached hydrogen (secondary N) is 1. The largest absolute Gasteiger partial charge is 0.475 e. The highest BCUT2D eigenvalue weighted by Crippen LogP contribution is 2.14. The fourth-order valence-electron chi connectivity index (χ4n) is 1.32. The fourth-order valence-corrected chi connectivity index (χ4v) is 1.32. The average Bonchev–Trinajstić information content (AvgIpc) is 2.60. The van der Waals surface area contributed by atoms with Crippen molar-refractivity contribution in [3.8, 4) is 0 Å². The van der Waals surface area contributed by atoms with Crippen LogP contribution in [0.25, 0.3) is 0 Å². The third-order valence-corrected chi connectivity index (χ3v) is 2.35. The summed E-state index contributed by atoms with van der Waals surface area (Å²) in [7, 11) is 0. The highest BCUT2D eigenvalue weighted by atomic mass is 16.4. The van der Waals surface area contributed by atoms with E-state index in [1.807, 2.05) is 6.92 Å². The van der Waals surface area contributed by atoms with Crippen molar-refractivity contribution in [3.63, 3.8) is 0 Å². The van der Waals surface area contributed by atoms with Gasteiger partial charge in [-0.3, -0.25) is 0 Å². The summed E-state index contributed by atoms with van der Waals surface area (Å²) in [6.45, 7) is 5.03. The van der Waals surface area contributed by atoms with Crippen LogP contribution in [0.1, 0.15) is 28.8 Å². The zero-order chi connectivity index (χ0) is 12.1. The third-order valence-electron chi connectivity index (χ3n) is 2.35. The van der Waals surface area contributed by atoms with Crippen LogP contribution in [0.2, 0.25) is 0 Å². The lowest BCUT2D eigenvalue weighted by atomic mass is 10.2. The van der Waals surface area contributed by atoms with Gasteiger partial charge in [0.2, 0.25) is 5.76 Å². The quantitative estimate of drug-likeness (QED) is 0.675. The number of carbonyl (C=O) groups is 1. The molecule has 1 aromatic rings. The topological polar surface area (TPSA) is 82.7 Å². The Kier molecular flexibility index (Phi) is 4.52. The maximum absolute atomic E-state index is 10.6. The molecule has 0 amide bonds. The highest BCUT2D eigenvalue weighted by Gasteiger charge is 2.12. The summed E-state index contributed by atoms with van der Waals surface area (Å²) in [5, 5.41) is 20.7. The summed E-state index contributed by atoms with van der Waals surface area (Å²) in [6.07, 6.45) is 0. The summed E-state index contributed by atoms with van der Waals surface area (Å²) in [6, 6.07) is 1.52. The van der Waals surface area contributed by atoms with Gasteiger partial charge in [-0.2, -0.15) is 0 Å². The first-order valence-corrected chi connectivity index (χ1v) is 5.18. The van der Waals surface area contributed by atoms with Crippen molar-refractivity contribution < 1.29 is 19.4 Å². The molecule has 0 radical (unpaired) electrons. The molecule has 0 aliphatic heterocycles. The number of carboxylic acid groups (broad SMARTS) is 1. The van der Waals surface area contributed by atoms with Gasteiger partial charge in [0, 0.05) is 25.3 Å². The zero-order valence-electron chi connectivity index (χ0n) is 9.49. The van der Waals surface area contributed by atoms with E-state index in [2.05, 4.69) is 5.32 Å². The minimum absolute atomic E-state index is 0.0375. The summed E-state index contributed by atoms with van der Waals surface area (Å²) in [5.41, 5.74) is 0.836. The molecule has 0 aromatic carbocycles. The molecule has 1 heterocycles. The van der Waals surface area contributed by atoms with E-state index in [0.29, 0.717) is 18.8 Å². The first kappa shape index (κ1) is 12.7. The van der Waals surface area contributed by atoms with Crippen LogP contribution in [-0.2, 0) is 6.54 Å². The number of aliphatic hydroxyl groups excluding tert-OH is 1. The van der Waals surface area contributed by atoms with Crippen molar-refractivity contribution >= 4 is 5.97 Å². The summed E-state index contributed by atoms with van der Waals surface area (Å²) in [4.78, 5) is 10.6. The molecule has 3 N–H and O–H groups in total. The molecule has 90 valence electrons. The smallest absolute Gasteiger partial charge is 0.371 e. The lowest BCUT2D eigenvalue weighted by Gasteiger charge is -2.08. The summed E-state index contributed by atoms with van der Waals surface area (Å²) >= 11 is 0. The van der Waals surface area contributed by atoms with E-state index in [4.69, 9.17) is 14.6 Å². The van der Waals surface area contributed by atoms with Crippen LogP contribution < -0.4 is 5.32 Å². The van der Waals surface area contributed by atoms with Crippen LogP contribution in [0.5, 0.6) is 0 Å². The minimum Gasteiger partial charge on any atom is -0.475 e. The molecule has 0 saturated heterocycles. The molecule has 1 aromatic heterocycles. The van der Waals surface area contributed by atoms with Crippen LogP contribution in [0.15, 0.2) is 10.5 Å². The van der Waals surface area contributed by atoms with Gasteiger partial charge in [0.1, 0.15) is 5.76 Å². The molecule has 0 saturated carbocycles. The van der Waals surface area contributed by atoms with Gasteiger partial charge in [-0.15, -0.1) is 0 Å². The Bertz CT molecular complexity index is 359. The van der Waals surface area contributed by atoms with E-state index >= 15 is 0 Å². The second-order valence-corrected chi connectivity index (χ2v) is 3.92. The lowest BCUT2D eigenvalue weighted by Crippen LogP contribution is -2.22. The van der Waals surface area contributed by atoms with Crippen LogP contribution in [0.4, 0.5) is 0 Å². The van der Waals surface area contributed by atoms with Crippen molar-refractivity contribution in [2.75, 3.05) is 13.2 Å². The number of aromatic carboxylic acids is 1. The van der Waals surface area contributed by atoms with E-state index in [-0.39, 0.29) is 18.3 Å². The van der Waals surface area contributed by atoms with Gasteiger partial charge >= 0.3 is 5.97 Å². The second-order valence-electron chi connectivity index (χ2n) is 3.92. The Morgan fingerprint density at radius 1 is 1.62 bits per heavy atom. The lowest BCUT2D eigenvalue weighted by molar-refractivity contribution is 0.0661. The third kappa shape index (κ3) is 3.36. The maximum atomic E-state index is 10.6. The number of aliphatic hydroxyl groups is 1. The Morgan fingerprint density at radius 2 is 2.31 bits per heavy atom. The molecular weight excluding hydrogens is 210 g/mol. The van der Waals surface area contributed by atoms with Crippen LogP contribution in [0.3, 0.4) is 0 Å². The first-order chi connectivity index (χ1) is 7.54. The van der Waals surface area contributed by atoms with E-state index in [0.717, 1.165) is 5.56 Å². The van der Waals surface area contributed by atoms with E-state index in [1.54, 1.807) is 6.92 Å². The van der Waals surface area contributed by atoms with Crippen molar-refractivity contribution in [2.45, 2.75) is 20.4 Å². The van der Waals surface area contributed by atoms with Crippen LogP contribution >= 0.6 is 0 Å². The van der Waals surface area contributed by atoms with Crippen molar-refractivity contribution in [2.24, 2.45) is 5.92 Å². The van der Waals surface area contributed by atoms with E-state index in [1.165, 1.54) is 6.07 Å². The van der Waals surface area contributed by atoms with Crippen LogP contribution in [-0.4, -0.2) is 29.3 Å². The Hall–Kier alpha value is -1.33. The molecule has 5 nitrogen and oxygen atoms in total. The highest BCUT2D eigenvalue weighted by molar-refractivity contribution is 5.84. The number of rotatable bonds is 6. The summed E-state index contributed by atoms with van der Waals surface area (Å²) in [5.74, 6) is -0.296. The Morgan fingerprint density at radius 3 is 2.81 bits per heavy atom. The second kappa shape index (κ2) is 5.67. The normalized spacial score (nSPS) is 12.7. The van der Waals surface area contributed by atoms with Gasteiger partial charge in [0.15, 0.2) is 0 Å². The molecular formula is C11H17NO4. The zero-order valence-corrected chi connectivity index (χ0v) is 9.49. The predicted molar refractivity (Wildman–Crippen MR) is 58.4 cm³/mol. The Balaban J connectivity index is 2.51. The van der Waals surface area contributed by atoms with Gasteiger partial charge in [-0.05, 0) is 18.9 Å². The number of aryl methyl sites for hydroxylation is 1. The average molecular weight is 227 g/mol. The van der Waals surface area contributed by atoms with Gasteiger partial charge in [-0.25, -0.2) is 4.79 Å². The van der Waals surface area contributed by atoms with E-state index in [9.17, 15) is 4.79 Å². The number of carboxylic acids is 1. The van der Waals surface area contributed by atoms with Gasteiger partial charge in [-0.1, -0.05) is 6.92 Å². The summed E-state index contributed by atoms with van der Waals surface area (Å²) < 4.78 is 5.07. The standard InChI is InChI=1S/C11H17NO4/c1-7(6-13)4-12-5-9-3-10(11(14)15)16-8(9)2/h3,7,12-13H,4-6H2,1-2H3,(H,14,15). The van der Waals surface area contributed by atoms with Gasteiger partial charge in [0.05, 0.1) is 0 Å². The number of hydrogen-bond acceptors (Lipinski definition) is 4. The first-order valence-electron chi connectivity index (χ1n) is 5.18. The predicted octanol–water partition coefficient (Wildman–Crippen LogP) is 1.00. The molecule has 1 unspecified atom stereocenters. The SMILES string of the molecule is Cc1oc(C(=O)O)cc1CNCC(C)CO. The van der Waals surface area contributed by atoms with Gasteiger partial charge in [0.25, 0.3) is 0 Å². The van der Waals surface area contributed by atoms with Crippen molar-refractivity contribution in [3.05, 3.63) is 23.2 Å². The molecule has 1 atom stereocenters. The number of furan rings is 1. The maximum Gasteiger partial charge on any atom is 0.371 e. The molecule has 0 bridgehead atoms. The molecule has 1 rings (SSSR count). The number of hydrogen-bond donors (Lipinski definition) is 3. The van der Waals surface area contributed by atoms with Gasteiger partial charge < -0.3 is 19.9 Å². The van der Waals surface area contributed by atoms with Crippen molar-refractivity contribution in [1.29, 1.82) is 0 Å². The molecule has 16 heavy (non-hydrogen) atoms. The molecule has 0 fully saturated rings. The molecule has 5 heteroatoms. The minimum atomic E-state index is -1.06. The molecule has 0 aliphatic rings. The monoisotopic (exact) mass is 227 g/mol. The Labute approximate surface area is 94.1 Å². The van der Waals surface area contributed by atoms with E-state index < -0.39 is 5.97 Å². The molecule has 0 spiro atoms. The van der Waals surface area contributed by atoms with Crippen LogP contribution in [0, 0.1) is 12.8 Å². The molecule has 0 aliphatic carbocycles. The van der Waals surface area contributed by atoms with Crippen molar-refractivity contribution in [1.82, 2.24) is 5.32 Å².